The van der Waals surface area contributed by atoms with Crippen molar-refractivity contribution < 1.29 is 23.8 Å². The van der Waals surface area contributed by atoms with Gasteiger partial charge in [0.05, 0.1) is 12.2 Å². The summed E-state index contributed by atoms with van der Waals surface area (Å²) in [7, 11) is 0. The topological polar surface area (TPSA) is 71.0 Å². The zero-order chi connectivity index (χ0) is 25.8. The molecule has 38 heavy (non-hydrogen) atoms. The van der Waals surface area contributed by atoms with E-state index in [2.05, 4.69) is 48.6 Å². The molecule has 8 heteroatoms. The standard InChI is InChI=1S/C30H29FN2O4.ClH/c1-20(25-9-4-7-21-6-2-3-8-26(21)25)32-17-16-24-18-33(28-11-5-10-27(31)30(28)37-24)22-12-14-23(15-13-22)36-19-29(34)35;/h2-15,20,24,32H,16-19H2,1H3,(H,34,35);1H/t20-,24?;/m1./s1. The molecule has 1 aliphatic rings. The SMILES string of the molecule is C[C@@H](NCCC1CN(c2ccc(OCC(=O)O)cc2)c2cccc(F)c2O1)c1cccc2ccccc12.Cl. The summed E-state index contributed by atoms with van der Waals surface area (Å²) in [6, 6.07) is 26.9. The highest BCUT2D eigenvalue weighted by Gasteiger charge is 2.29. The van der Waals surface area contributed by atoms with Gasteiger partial charge in [0.1, 0.15) is 11.9 Å². The molecule has 2 atom stereocenters. The summed E-state index contributed by atoms with van der Waals surface area (Å²) in [5.41, 5.74) is 2.75. The highest BCUT2D eigenvalue weighted by Crippen LogP contribution is 2.40. The van der Waals surface area contributed by atoms with Gasteiger partial charge in [0.2, 0.25) is 0 Å². The molecule has 1 unspecified atom stereocenters. The molecule has 0 bridgehead atoms. The second-order valence-corrected chi connectivity index (χ2v) is 9.15. The predicted octanol–water partition coefficient (Wildman–Crippen LogP) is 6.50. The van der Waals surface area contributed by atoms with Crippen LogP contribution in [-0.4, -0.2) is 36.9 Å². The van der Waals surface area contributed by atoms with E-state index in [0.29, 0.717) is 30.9 Å². The lowest BCUT2D eigenvalue weighted by atomic mass is 9.99. The number of para-hydroxylation sites is 1. The Labute approximate surface area is 227 Å². The van der Waals surface area contributed by atoms with Crippen LogP contribution < -0.4 is 19.7 Å². The van der Waals surface area contributed by atoms with Gasteiger partial charge in [-0.15, -0.1) is 12.4 Å². The van der Waals surface area contributed by atoms with Crippen molar-refractivity contribution in [3.05, 3.63) is 96.3 Å². The zero-order valence-electron chi connectivity index (χ0n) is 21.0. The summed E-state index contributed by atoms with van der Waals surface area (Å²) < 4.78 is 26.1. The third-order valence-corrected chi connectivity index (χ3v) is 6.63. The maximum Gasteiger partial charge on any atom is 0.341 e. The van der Waals surface area contributed by atoms with Crippen LogP contribution in [0.3, 0.4) is 0 Å². The molecule has 0 radical (unpaired) electrons. The van der Waals surface area contributed by atoms with Crippen molar-refractivity contribution in [2.45, 2.75) is 25.5 Å². The molecular formula is C30H30ClFN2O4. The molecule has 4 aromatic rings. The van der Waals surface area contributed by atoms with E-state index >= 15 is 0 Å². The van der Waals surface area contributed by atoms with Crippen molar-refractivity contribution in [3.8, 4) is 11.5 Å². The van der Waals surface area contributed by atoms with E-state index in [1.54, 1.807) is 18.2 Å². The number of aliphatic carboxylic acids is 1. The zero-order valence-corrected chi connectivity index (χ0v) is 21.8. The Kier molecular flexibility index (Phi) is 8.71. The van der Waals surface area contributed by atoms with Gasteiger partial charge in [0, 0.05) is 11.7 Å². The molecule has 1 heterocycles. The van der Waals surface area contributed by atoms with Gasteiger partial charge < -0.3 is 24.8 Å². The second kappa shape index (κ2) is 12.2. The lowest BCUT2D eigenvalue weighted by Gasteiger charge is -2.36. The Morgan fingerprint density at radius 2 is 1.82 bits per heavy atom. The van der Waals surface area contributed by atoms with Crippen LogP contribution in [0.5, 0.6) is 11.5 Å². The van der Waals surface area contributed by atoms with E-state index in [1.807, 2.05) is 29.2 Å². The van der Waals surface area contributed by atoms with Crippen LogP contribution in [0.15, 0.2) is 84.9 Å². The average Bonchev–Trinajstić information content (AvgIpc) is 2.92. The molecule has 0 aliphatic carbocycles. The molecule has 0 spiro atoms. The van der Waals surface area contributed by atoms with Crippen molar-refractivity contribution in [3.63, 3.8) is 0 Å². The number of halogens is 2. The number of hydrogen-bond acceptors (Lipinski definition) is 5. The van der Waals surface area contributed by atoms with Crippen molar-refractivity contribution >= 4 is 40.5 Å². The lowest BCUT2D eigenvalue weighted by Crippen LogP contribution is -2.39. The fraction of sp³-hybridized carbons (Fsp3) is 0.233. The fourth-order valence-electron chi connectivity index (χ4n) is 4.79. The molecule has 5 rings (SSSR count). The number of anilines is 2. The van der Waals surface area contributed by atoms with Gasteiger partial charge in [0.15, 0.2) is 18.2 Å². The maximum absolute atomic E-state index is 14.8. The summed E-state index contributed by atoms with van der Waals surface area (Å²) in [5.74, 6) is -0.729. The van der Waals surface area contributed by atoms with Crippen LogP contribution in [0.1, 0.15) is 24.9 Å². The number of hydrogen-bond donors (Lipinski definition) is 2. The van der Waals surface area contributed by atoms with E-state index in [9.17, 15) is 9.18 Å². The molecular weight excluding hydrogens is 507 g/mol. The van der Waals surface area contributed by atoms with E-state index in [4.69, 9.17) is 14.6 Å². The van der Waals surface area contributed by atoms with Crippen molar-refractivity contribution in [1.82, 2.24) is 5.32 Å². The van der Waals surface area contributed by atoms with Gasteiger partial charge in [-0.3, -0.25) is 0 Å². The Morgan fingerprint density at radius 3 is 2.61 bits per heavy atom. The summed E-state index contributed by atoms with van der Waals surface area (Å²) >= 11 is 0. The first-order valence-electron chi connectivity index (χ1n) is 12.4. The fourth-order valence-corrected chi connectivity index (χ4v) is 4.79. The van der Waals surface area contributed by atoms with Crippen molar-refractivity contribution in [2.24, 2.45) is 0 Å². The number of carboxylic acid groups (broad SMARTS) is 1. The molecule has 4 aromatic carbocycles. The number of benzene rings is 4. The average molecular weight is 537 g/mol. The maximum atomic E-state index is 14.8. The van der Waals surface area contributed by atoms with Crippen LogP contribution in [0, 0.1) is 5.82 Å². The van der Waals surface area contributed by atoms with E-state index < -0.39 is 18.4 Å². The van der Waals surface area contributed by atoms with Gasteiger partial charge in [0.25, 0.3) is 0 Å². The molecule has 0 aromatic heterocycles. The van der Waals surface area contributed by atoms with Gasteiger partial charge in [-0.1, -0.05) is 48.5 Å². The number of fused-ring (bicyclic) bond motifs is 2. The summed E-state index contributed by atoms with van der Waals surface area (Å²) in [5, 5.41) is 14.9. The molecule has 0 amide bonds. The van der Waals surface area contributed by atoms with Crippen LogP contribution in [0.4, 0.5) is 15.8 Å². The summed E-state index contributed by atoms with van der Waals surface area (Å²) in [6.45, 7) is 3.00. The van der Waals surface area contributed by atoms with Gasteiger partial charge in [-0.25, -0.2) is 9.18 Å². The van der Waals surface area contributed by atoms with Gasteiger partial charge >= 0.3 is 5.97 Å². The molecule has 2 N–H and O–H groups in total. The van der Waals surface area contributed by atoms with Crippen molar-refractivity contribution in [2.75, 3.05) is 24.6 Å². The summed E-state index contributed by atoms with van der Waals surface area (Å²) in [6.07, 6.45) is 0.471. The Balaban J connectivity index is 0.00000336. The Bertz CT molecular complexity index is 1390. The van der Waals surface area contributed by atoms with E-state index in [-0.39, 0.29) is 30.3 Å². The molecule has 0 fully saturated rings. The molecule has 1 aliphatic heterocycles. The van der Waals surface area contributed by atoms with Crippen LogP contribution in [0.2, 0.25) is 0 Å². The monoisotopic (exact) mass is 536 g/mol. The van der Waals surface area contributed by atoms with Crippen LogP contribution in [0.25, 0.3) is 10.8 Å². The molecule has 0 saturated heterocycles. The minimum Gasteiger partial charge on any atom is -0.483 e. The van der Waals surface area contributed by atoms with Crippen molar-refractivity contribution in [1.29, 1.82) is 0 Å². The smallest absolute Gasteiger partial charge is 0.341 e. The van der Waals surface area contributed by atoms with Crippen LogP contribution in [-0.2, 0) is 4.79 Å². The van der Waals surface area contributed by atoms with Gasteiger partial charge in [-0.2, -0.15) is 0 Å². The minimum atomic E-state index is -1.03. The first kappa shape index (κ1) is 27.2. The minimum absolute atomic E-state index is 0. The molecule has 0 saturated carbocycles. The number of nitrogens with zero attached hydrogens (tertiary/aromatic N) is 1. The normalized spacial score (nSPS) is 15.2. The number of carbonyl (C=O) groups is 1. The second-order valence-electron chi connectivity index (χ2n) is 9.15. The number of ether oxygens (including phenoxy) is 2. The molecule has 198 valence electrons. The quantitative estimate of drug-likeness (QED) is 0.254. The third-order valence-electron chi connectivity index (χ3n) is 6.63. The highest BCUT2D eigenvalue weighted by molar-refractivity contribution is 5.86. The number of rotatable bonds is 9. The van der Waals surface area contributed by atoms with Crippen LogP contribution >= 0.6 is 12.4 Å². The first-order chi connectivity index (χ1) is 18.0. The largest absolute Gasteiger partial charge is 0.483 e. The Morgan fingerprint density at radius 1 is 1.08 bits per heavy atom. The van der Waals surface area contributed by atoms with Gasteiger partial charge in [-0.05, 0) is 72.6 Å². The third kappa shape index (κ3) is 6.01. The molecule has 6 nitrogen and oxygen atoms in total. The predicted molar refractivity (Wildman–Crippen MR) is 150 cm³/mol. The number of carboxylic acids is 1. The summed E-state index contributed by atoms with van der Waals surface area (Å²) in [4.78, 5) is 12.8. The number of nitrogens with one attached hydrogen (secondary N) is 1. The Hall–Kier alpha value is -3.81. The van der Waals surface area contributed by atoms with E-state index in [1.165, 1.54) is 22.4 Å². The lowest BCUT2D eigenvalue weighted by molar-refractivity contribution is -0.139. The highest BCUT2D eigenvalue weighted by atomic mass is 35.5. The first-order valence-corrected chi connectivity index (χ1v) is 12.4. The van der Waals surface area contributed by atoms with E-state index in [0.717, 1.165) is 5.69 Å².